The fraction of sp³-hybridized carbons (Fsp3) is 0.267. The molecule has 0 radical (unpaired) electrons. The van der Waals surface area contributed by atoms with Crippen LogP contribution in [0.3, 0.4) is 0 Å². The molecular weight excluding hydrogens is 281 g/mol. The summed E-state index contributed by atoms with van der Waals surface area (Å²) in [6.07, 6.45) is -2.79. The van der Waals surface area contributed by atoms with Gasteiger partial charge < -0.3 is 10.1 Å². The lowest BCUT2D eigenvalue weighted by Crippen LogP contribution is -2.20. The molecule has 0 spiro atoms. The van der Waals surface area contributed by atoms with Gasteiger partial charge in [-0.2, -0.15) is 13.2 Å². The van der Waals surface area contributed by atoms with Crippen LogP contribution in [0.15, 0.2) is 42.6 Å². The van der Waals surface area contributed by atoms with Crippen LogP contribution in [0.4, 0.5) is 19.0 Å². The molecule has 1 aromatic carbocycles. The van der Waals surface area contributed by atoms with E-state index in [4.69, 9.17) is 4.74 Å². The number of rotatable bonds is 2. The van der Waals surface area contributed by atoms with Gasteiger partial charge in [0.15, 0.2) is 0 Å². The zero-order valence-electron chi connectivity index (χ0n) is 11.0. The first-order valence-corrected chi connectivity index (χ1v) is 6.55. The van der Waals surface area contributed by atoms with E-state index >= 15 is 0 Å². The van der Waals surface area contributed by atoms with E-state index in [1.54, 1.807) is 0 Å². The largest absolute Gasteiger partial charge is 0.493 e. The zero-order valence-corrected chi connectivity index (χ0v) is 11.0. The van der Waals surface area contributed by atoms with Crippen molar-refractivity contribution in [1.82, 2.24) is 4.98 Å². The molecule has 21 heavy (non-hydrogen) atoms. The summed E-state index contributed by atoms with van der Waals surface area (Å²) in [6, 6.07) is 9.97. The van der Waals surface area contributed by atoms with Gasteiger partial charge in [-0.05, 0) is 18.2 Å². The number of benzene rings is 1. The first kappa shape index (κ1) is 13.7. The second kappa shape index (κ2) is 5.27. The van der Waals surface area contributed by atoms with E-state index in [0.29, 0.717) is 12.4 Å². The summed E-state index contributed by atoms with van der Waals surface area (Å²) in [6.45, 7) is 0.565. The number of para-hydroxylation sites is 1. The van der Waals surface area contributed by atoms with Crippen LogP contribution in [-0.4, -0.2) is 11.6 Å². The number of pyridine rings is 1. The molecule has 1 unspecified atom stereocenters. The molecule has 0 saturated carbocycles. The molecule has 0 amide bonds. The topological polar surface area (TPSA) is 34.1 Å². The van der Waals surface area contributed by atoms with Gasteiger partial charge in [-0.3, -0.25) is 0 Å². The third-order valence-corrected chi connectivity index (χ3v) is 3.37. The van der Waals surface area contributed by atoms with Crippen molar-refractivity contribution in [3.63, 3.8) is 0 Å². The lowest BCUT2D eigenvalue weighted by molar-refractivity contribution is -0.137. The van der Waals surface area contributed by atoms with E-state index in [-0.39, 0.29) is 6.04 Å². The zero-order chi connectivity index (χ0) is 14.9. The number of aromatic nitrogens is 1. The third-order valence-electron chi connectivity index (χ3n) is 3.37. The monoisotopic (exact) mass is 294 g/mol. The van der Waals surface area contributed by atoms with Crippen LogP contribution in [0.25, 0.3) is 0 Å². The van der Waals surface area contributed by atoms with Gasteiger partial charge in [-0.1, -0.05) is 18.2 Å². The van der Waals surface area contributed by atoms with Crippen molar-refractivity contribution in [2.45, 2.75) is 18.6 Å². The summed E-state index contributed by atoms with van der Waals surface area (Å²) in [5, 5.41) is 3.16. The molecular formula is C15H13F3N2O. The van der Waals surface area contributed by atoms with Gasteiger partial charge in [-0.15, -0.1) is 0 Å². The highest BCUT2D eigenvalue weighted by Gasteiger charge is 2.30. The Hall–Kier alpha value is -2.24. The molecule has 0 saturated heterocycles. The first-order valence-electron chi connectivity index (χ1n) is 6.55. The SMILES string of the molecule is FC(F)(F)c1ccc(NC2CCOc3ccccc32)nc1. The Kier molecular flexibility index (Phi) is 3.45. The van der Waals surface area contributed by atoms with Crippen molar-refractivity contribution in [3.05, 3.63) is 53.7 Å². The van der Waals surface area contributed by atoms with Gasteiger partial charge in [0.1, 0.15) is 11.6 Å². The standard InChI is InChI=1S/C15H13F3N2O/c16-15(17,18)10-5-6-14(19-9-10)20-12-7-8-21-13-4-2-1-3-11(12)13/h1-6,9,12H,7-8H2,(H,19,20). The van der Waals surface area contributed by atoms with Crippen molar-refractivity contribution in [3.8, 4) is 5.75 Å². The Morgan fingerprint density at radius 1 is 1.14 bits per heavy atom. The highest BCUT2D eigenvalue weighted by Crippen LogP contribution is 2.34. The van der Waals surface area contributed by atoms with Crippen LogP contribution in [0.1, 0.15) is 23.6 Å². The summed E-state index contributed by atoms with van der Waals surface area (Å²) in [5.74, 6) is 1.22. The molecule has 6 heteroatoms. The molecule has 110 valence electrons. The van der Waals surface area contributed by atoms with Gasteiger partial charge in [0.2, 0.25) is 0 Å². The molecule has 2 heterocycles. The van der Waals surface area contributed by atoms with E-state index < -0.39 is 11.7 Å². The van der Waals surface area contributed by atoms with Crippen molar-refractivity contribution in [2.75, 3.05) is 11.9 Å². The molecule has 1 aliphatic heterocycles. The summed E-state index contributed by atoms with van der Waals surface area (Å²) in [4.78, 5) is 3.84. The van der Waals surface area contributed by atoms with Crippen LogP contribution < -0.4 is 10.1 Å². The fourth-order valence-corrected chi connectivity index (χ4v) is 2.32. The van der Waals surface area contributed by atoms with E-state index in [9.17, 15) is 13.2 Å². The quantitative estimate of drug-likeness (QED) is 0.907. The number of alkyl halides is 3. The van der Waals surface area contributed by atoms with Crippen LogP contribution in [0, 0.1) is 0 Å². The summed E-state index contributed by atoms with van der Waals surface area (Å²) in [5.41, 5.74) is 0.242. The average molecular weight is 294 g/mol. The Bertz CT molecular complexity index is 626. The third kappa shape index (κ3) is 2.94. The van der Waals surface area contributed by atoms with Crippen molar-refractivity contribution in [2.24, 2.45) is 0 Å². The minimum atomic E-state index is -4.36. The van der Waals surface area contributed by atoms with Crippen LogP contribution >= 0.6 is 0 Å². The molecule has 1 aromatic heterocycles. The maximum Gasteiger partial charge on any atom is 0.417 e. The van der Waals surface area contributed by atoms with Crippen molar-refractivity contribution < 1.29 is 17.9 Å². The number of nitrogens with one attached hydrogen (secondary N) is 1. The van der Waals surface area contributed by atoms with Crippen LogP contribution in [0.5, 0.6) is 5.75 Å². The molecule has 0 bridgehead atoms. The van der Waals surface area contributed by atoms with E-state index in [2.05, 4.69) is 10.3 Å². The maximum absolute atomic E-state index is 12.5. The number of ether oxygens (including phenoxy) is 1. The number of hydrogen-bond acceptors (Lipinski definition) is 3. The van der Waals surface area contributed by atoms with E-state index in [1.165, 1.54) is 6.07 Å². The normalized spacial score (nSPS) is 17.8. The smallest absolute Gasteiger partial charge is 0.417 e. The van der Waals surface area contributed by atoms with Gasteiger partial charge in [0.05, 0.1) is 18.2 Å². The first-order chi connectivity index (χ1) is 10.0. The molecule has 0 fully saturated rings. The number of halogens is 3. The predicted molar refractivity (Wildman–Crippen MR) is 72.2 cm³/mol. The highest BCUT2D eigenvalue weighted by molar-refractivity contribution is 5.45. The molecule has 3 rings (SSSR count). The van der Waals surface area contributed by atoms with Gasteiger partial charge in [0, 0.05) is 18.2 Å². The van der Waals surface area contributed by atoms with Crippen molar-refractivity contribution >= 4 is 5.82 Å². The Morgan fingerprint density at radius 2 is 1.95 bits per heavy atom. The van der Waals surface area contributed by atoms with E-state index in [1.807, 2.05) is 24.3 Å². The molecule has 1 atom stereocenters. The maximum atomic E-state index is 12.5. The number of hydrogen-bond donors (Lipinski definition) is 1. The molecule has 2 aromatic rings. The molecule has 3 nitrogen and oxygen atoms in total. The number of anilines is 1. The van der Waals surface area contributed by atoms with E-state index in [0.717, 1.165) is 30.0 Å². The van der Waals surface area contributed by atoms with Crippen LogP contribution in [0.2, 0.25) is 0 Å². The van der Waals surface area contributed by atoms with Gasteiger partial charge >= 0.3 is 6.18 Å². The summed E-state index contributed by atoms with van der Waals surface area (Å²) in [7, 11) is 0. The fourth-order valence-electron chi connectivity index (χ4n) is 2.32. The van der Waals surface area contributed by atoms with Crippen LogP contribution in [-0.2, 0) is 6.18 Å². The molecule has 1 N–H and O–H groups in total. The minimum Gasteiger partial charge on any atom is -0.493 e. The highest BCUT2D eigenvalue weighted by atomic mass is 19.4. The van der Waals surface area contributed by atoms with Crippen molar-refractivity contribution in [1.29, 1.82) is 0 Å². The lowest BCUT2D eigenvalue weighted by atomic mass is 10.0. The number of fused-ring (bicyclic) bond motifs is 1. The lowest BCUT2D eigenvalue weighted by Gasteiger charge is -2.27. The van der Waals surface area contributed by atoms with Gasteiger partial charge in [0.25, 0.3) is 0 Å². The minimum absolute atomic E-state index is 0.0146. The Morgan fingerprint density at radius 3 is 2.67 bits per heavy atom. The predicted octanol–water partition coefficient (Wildman–Crippen LogP) is 4.04. The Balaban J connectivity index is 1.79. The molecule has 0 aliphatic carbocycles. The number of nitrogens with zero attached hydrogens (tertiary/aromatic N) is 1. The Labute approximate surface area is 119 Å². The second-order valence-electron chi connectivity index (χ2n) is 4.80. The summed E-state index contributed by atoms with van der Waals surface area (Å²) >= 11 is 0. The van der Waals surface area contributed by atoms with Gasteiger partial charge in [-0.25, -0.2) is 4.98 Å². The second-order valence-corrected chi connectivity index (χ2v) is 4.80. The summed E-state index contributed by atoms with van der Waals surface area (Å²) < 4.78 is 43.0. The average Bonchev–Trinajstić information content (AvgIpc) is 2.47. The molecule has 1 aliphatic rings.